The van der Waals surface area contributed by atoms with E-state index in [1.807, 2.05) is 12.1 Å². The molecular weight excluding hydrogens is 276 g/mol. The zero-order chi connectivity index (χ0) is 15.7. The molecule has 1 saturated carbocycles. The highest BCUT2D eigenvalue weighted by atomic mass is 16.2. The molecule has 1 aromatic carbocycles. The van der Waals surface area contributed by atoms with Crippen LogP contribution in [0.3, 0.4) is 0 Å². The van der Waals surface area contributed by atoms with E-state index in [0.717, 1.165) is 19.3 Å². The van der Waals surface area contributed by atoms with Gasteiger partial charge in [0.15, 0.2) is 0 Å². The number of carbonyl (C=O) groups is 2. The maximum Gasteiger partial charge on any atom is 0.261 e. The quantitative estimate of drug-likeness (QED) is 0.803. The van der Waals surface area contributed by atoms with E-state index in [-0.39, 0.29) is 17.4 Å². The summed E-state index contributed by atoms with van der Waals surface area (Å²) in [6.07, 6.45) is 6.95. The zero-order valence-electron chi connectivity index (χ0n) is 13.5. The van der Waals surface area contributed by atoms with Gasteiger partial charge in [0.2, 0.25) is 0 Å². The summed E-state index contributed by atoms with van der Waals surface area (Å²) in [5, 5.41) is 0. The fraction of sp³-hybridized carbons (Fsp3) is 0.556. The second-order valence-electron chi connectivity index (χ2n) is 6.74. The SMILES string of the molecule is CN(C)C1(CCN2C(=O)c3ccccc3C2=O)CCCCC1. The van der Waals surface area contributed by atoms with Crippen molar-refractivity contribution in [3.8, 4) is 0 Å². The number of amides is 2. The minimum Gasteiger partial charge on any atom is -0.304 e. The molecule has 4 heteroatoms. The first kappa shape index (κ1) is 15.2. The van der Waals surface area contributed by atoms with Crippen molar-refractivity contribution in [3.05, 3.63) is 35.4 Å². The van der Waals surface area contributed by atoms with Crippen LogP contribution in [0.5, 0.6) is 0 Å². The molecule has 22 heavy (non-hydrogen) atoms. The van der Waals surface area contributed by atoms with Crippen molar-refractivity contribution in [1.82, 2.24) is 9.80 Å². The van der Waals surface area contributed by atoms with Crippen molar-refractivity contribution in [1.29, 1.82) is 0 Å². The van der Waals surface area contributed by atoms with Crippen molar-refractivity contribution in [2.75, 3.05) is 20.6 Å². The summed E-state index contributed by atoms with van der Waals surface area (Å²) >= 11 is 0. The van der Waals surface area contributed by atoms with Crippen molar-refractivity contribution in [3.63, 3.8) is 0 Å². The lowest BCUT2D eigenvalue weighted by Crippen LogP contribution is -2.48. The van der Waals surface area contributed by atoms with Crippen molar-refractivity contribution < 1.29 is 9.59 Å². The Labute approximate surface area is 132 Å². The predicted octanol–water partition coefficient (Wildman–Crippen LogP) is 2.94. The molecule has 0 bridgehead atoms. The van der Waals surface area contributed by atoms with Gasteiger partial charge in [0, 0.05) is 12.1 Å². The molecule has 0 saturated heterocycles. The Morgan fingerprint density at radius 1 is 1.00 bits per heavy atom. The van der Waals surface area contributed by atoms with Crippen molar-refractivity contribution in [2.45, 2.75) is 44.1 Å². The zero-order valence-corrected chi connectivity index (χ0v) is 13.5. The summed E-state index contributed by atoms with van der Waals surface area (Å²) in [6.45, 7) is 0.518. The number of fused-ring (bicyclic) bond motifs is 1. The Bertz CT molecular complexity index is 554. The first-order chi connectivity index (χ1) is 10.6. The van der Waals surface area contributed by atoms with Gasteiger partial charge in [-0.1, -0.05) is 31.4 Å². The van der Waals surface area contributed by atoms with E-state index in [1.54, 1.807) is 12.1 Å². The monoisotopic (exact) mass is 300 g/mol. The van der Waals surface area contributed by atoms with Gasteiger partial charge < -0.3 is 4.90 Å². The average Bonchev–Trinajstić information content (AvgIpc) is 2.78. The standard InChI is InChI=1S/C18H24N2O2/c1-19(2)18(10-6-3-7-11-18)12-13-20-16(21)14-8-4-5-9-15(14)17(20)22/h4-5,8-9H,3,6-7,10-13H2,1-2H3. The maximum atomic E-state index is 12.4. The van der Waals surface area contributed by atoms with Crippen LogP contribution in [0.1, 0.15) is 59.2 Å². The molecule has 0 N–H and O–H groups in total. The Morgan fingerprint density at radius 2 is 1.55 bits per heavy atom. The number of nitrogens with zero attached hydrogens (tertiary/aromatic N) is 2. The minimum absolute atomic E-state index is 0.133. The fourth-order valence-electron chi connectivity index (χ4n) is 3.89. The molecule has 0 spiro atoms. The third kappa shape index (κ3) is 2.45. The van der Waals surface area contributed by atoms with E-state index in [4.69, 9.17) is 0 Å². The number of hydrogen-bond donors (Lipinski definition) is 0. The summed E-state index contributed by atoms with van der Waals surface area (Å²) in [5.74, 6) is -0.268. The molecular formula is C18H24N2O2. The van der Waals surface area contributed by atoms with E-state index in [1.165, 1.54) is 24.2 Å². The van der Waals surface area contributed by atoms with Gasteiger partial charge in [0.05, 0.1) is 11.1 Å². The summed E-state index contributed by atoms with van der Waals surface area (Å²) in [5.41, 5.74) is 1.23. The summed E-state index contributed by atoms with van der Waals surface area (Å²) in [4.78, 5) is 28.6. The highest BCUT2D eigenvalue weighted by Gasteiger charge is 2.39. The normalized spacial score (nSPS) is 20.6. The van der Waals surface area contributed by atoms with Crippen LogP contribution in [-0.2, 0) is 0 Å². The first-order valence-corrected chi connectivity index (χ1v) is 8.18. The van der Waals surface area contributed by atoms with Crippen molar-refractivity contribution >= 4 is 11.8 Å². The molecule has 0 atom stereocenters. The first-order valence-electron chi connectivity index (χ1n) is 8.18. The third-order valence-electron chi connectivity index (χ3n) is 5.41. The highest BCUT2D eigenvalue weighted by molar-refractivity contribution is 6.21. The lowest BCUT2D eigenvalue weighted by Gasteiger charge is -2.43. The highest BCUT2D eigenvalue weighted by Crippen LogP contribution is 2.36. The molecule has 0 aromatic heterocycles. The summed E-state index contributed by atoms with van der Waals surface area (Å²) < 4.78 is 0. The molecule has 1 fully saturated rings. The molecule has 1 aliphatic carbocycles. The van der Waals surface area contributed by atoms with Gasteiger partial charge in [-0.05, 0) is 45.5 Å². The summed E-state index contributed by atoms with van der Waals surface area (Å²) in [6, 6.07) is 7.13. The largest absolute Gasteiger partial charge is 0.304 e. The minimum atomic E-state index is -0.134. The van der Waals surface area contributed by atoms with Crippen LogP contribution in [-0.4, -0.2) is 47.8 Å². The topological polar surface area (TPSA) is 40.6 Å². The molecule has 4 nitrogen and oxygen atoms in total. The van der Waals surface area contributed by atoms with Crippen LogP contribution in [0.4, 0.5) is 0 Å². The third-order valence-corrected chi connectivity index (χ3v) is 5.41. The summed E-state index contributed by atoms with van der Waals surface area (Å²) in [7, 11) is 4.24. The van der Waals surface area contributed by atoms with Gasteiger partial charge in [0.25, 0.3) is 11.8 Å². The Kier molecular flexibility index (Phi) is 4.04. The Morgan fingerprint density at radius 3 is 2.05 bits per heavy atom. The predicted molar refractivity (Wildman–Crippen MR) is 85.9 cm³/mol. The van der Waals surface area contributed by atoms with Gasteiger partial charge >= 0.3 is 0 Å². The van der Waals surface area contributed by atoms with Crippen LogP contribution in [0.2, 0.25) is 0 Å². The number of imide groups is 1. The van der Waals surface area contributed by atoms with Gasteiger partial charge in [-0.2, -0.15) is 0 Å². The average molecular weight is 300 g/mol. The smallest absolute Gasteiger partial charge is 0.261 e. The molecule has 2 aliphatic rings. The Balaban J connectivity index is 1.74. The van der Waals surface area contributed by atoms with Gasteiger partial charge in [-0.3, -0.25) is 14.5 Å². The molecule has 1 aliphatic heterocycles. The van der Waals surface area contributed by atoms with Gasteiger partial charge in [-0.15, -0.1) is 0 Å². The van der Waals surface area contributed by atoms with Crippen LogP contribution in [0.25, 0.3) is 0 Å². The number of rotatable bonds is 4. The lowest BCUT2D eigenvalue weighted by atomic mass is 9.78. The molecule has 2 amide bonds. The van der Waals surface area contributed by atoms with E-state index >= 15 is 0 Å². The second kappa shape index (κ2) is 5.84. The van der Waals surface area contributed by atoms with Gasteiger partial charge in [0.1, 0.15) is 0 Å². The van der Waals surface area contributed by atoms with Crippen LogP contribution in [0.15, 0.2) is 24.3 Å². The van der Waals surface area contributed by atoms with E-state index in [0.29, 0.717) is 17.7 Å². The fourth-order valence-corrected chi connectivity index (χ4v) is 3.89. The molecule has 118 valence electrons. The van der Waals surface area contributed by atoms with Gasteiger partial charge in [-0.25, -0.2) is 0 Å². The molecule has 0 radical (unpaired) electrons. The van der Waals surface area contributed by atoms with Crippen LogP contribution < -0.4 is 0 Å². The number of benzene rings is 1. The molecule has 1 aromatic rings. The van der Waals surface area contributed by atoms with E-state index in [2.05, 4.69) is 19.0 Å². The lowest BCUT2D eigenvalue weighted by molar-refractivity contribution is 0.0540. The molecule has 1 heterocycles. The molecule has 0 unspecified atom stereocenters. The maximum absolute atomic E-state index is 12.4. The second-order valence-corrected chi connectivity index (χ2v) is 6.74. The van der Waals surface area contributed by atoms with E-state index < -0.39 is 0 Å². The van der Waals surface area contributed by atoms with Crippen LogP contribution >= 0.6 is 0 Å². The number of carbonyl (C=O) groups excluding carboxylic acids is 2. The van der Waals surface area contributed by atoms with E-state index in [9.17, 15) is 9.59 Å². The Hall–Kier alpha value is -1.68. The van der Waals surface area contributed by atoms with Crippen LogP contribution in [0, 0.1) is 0 Å². The van der Waals surface area contributed by atoms with Crippen molar-refractivity contribution in [2.24, 2.45) is 0 Å². The molecule has 3 rings (SSSR count). The number of hydrogen-bond acceptors (Lipinski definition) is 3.